The Morgan fingerprint density at radius 2 is 2.00 bits per heavy atom. The van der Waals surface area contributed by atoms with Crippen molar-refractivity contribution in [2.24, 2.45) is 11.8 Å². The Hall–Kier alpha value is -2.71. The van der Waals surface area contributed by atoms with Gasteiger partial charge in [0.25, 0.3) is 0 Å². The summed E-state index contributed by atoms with van der Waals surface area (Å²) in [6.45, 7) is 1.33. The average molecular weight is 416 g/mol. The molecule has 3 aliphatic rings. The van der Waals surface area contributed by atoms with Crippen molar-refractivity contribution in [1.29, 1.82) is 0 Å². The van der Waals surface area contributed by atoms with Gasteiger partial charge in [0.2, 0.25) is 11.8 Å². The third-order valence-electron chi connectivity index (χ3n) is 6.60. The van der Waals surface area contributed by atoms with Gasteiger partial charge in [-0.1, -0.05) is 0 Å². The molecule has 158 valence electrons. The SMILES string of the molecule is CC(=O)c1nn(CC(=O)N2[C@@H]3C[C@@H]3C[C@H]2C(=O)CC2CC(F)(F)C2)c2cnccc12. The molecule has 7 nitrogen and oxygen atoms in total. The highest BCUT2D eigenvalue weighted by atomic mass is 19.3. The van der Waals surface area contributed by atoms with Crippen LogP contribution in [0.15, 0.2) is 18.5 Å². The van der Waals surface area contributed by atoms with Gasteiger partial charge in [-0.3, -0.25) is 24.0 Å². The molecule has 2 saturated carbocycles. The lowest BCUT2D eigenvalue weighted by molar-refractivity contribution is -0.144. The number of carbonyl (C=O) groups excluding carboxylic acids is 3. The zero-order valence-corrected chi connectivity index (χ0v) is 16.6. The monoisotopic (exact) mass is 416 g/mol. The van der Waals surface area contributed by atoms with E-state index in [0.29, 0.717) is 23.2 Å². The zero-order chi connectivity index (χ0) is 21.2. The van der Waals surface area contributed by atoms with Gasteiger partial charge in [-0.25, -0.2) is 8.78 Å². The number of Topliss-reactive ketones (excluding diaryl/α,β-unsaturated/α-hetero) is 2. The van der Waals surface area contributed by atoms with Crippen LogP contribution in [0.25, 0.3) is 10.9 Å². The predicted molar refractivity (Wildman–Crippen MR) is 102 cm³/mol. The third kappa shape index (κ3) is 3.20. The number of ketones is 2. The van der Waals surface area contributed by atoms with Crippen LogP contribution < -0.4 is 0 Å². The minimum atomic E-state index is -2.65. The smallest absolute Gasteiger partial charge is 0.248 e. The summed E-state index contributed by atoms with van der Waals surface area (Å²) in [6, 6.07) is 1.19. The fraction of sp³-hybridized carbons (Fsp3) is 0.571. The molecule has 1 saturated heterocycles. The summed E-state index contributed by atoms with van der Waals surface area (Å²) in [4.78, 5) is 43.5. The number of aromatic nitrogens is 3. The summed E-state index contributed by atoms with van der Waals surface area (Å²) in [5.41, 5.74) is 0.867. The van der Waals surface area contributed by atoms with Gasteiger partial charge in [-0.2, -0.15) is 5.10 Å². The number of likely N-dealkylation sites (tertiary alicyclic amines) is 1. The summed E-state index contributed by atoms with van der Waals surface area (Å²) < 4.78 is 27.7. The summed E-state index contributed by atoms with van der Waals surface area (Å²) in [5, 5.41) is 4.94. The molecule has 0 spiro atoms. The first-order valence-corrected chi connectivity index (χ1v) is 10.3. The molecule has 2 aliphatic carbocycles. The second-order valence-electron chi connectivity index (χ2n) is 8.87. The topological polar surface area (TPSA) is 85.2 Å². The minimum absolute atomic E-state index is 0.0431. The summed E-state index contributed by atoms with van der Waals surface area (Å²) in [7, 11) is 0. The Balaban J connectivity index is 1.34. The number of hydrogen-bond acceptors (Lipinski definition) is 5. The number of rotatable bonds is 6. The second-order valence-corrected chi connectivity index (χ2v) is 8.87. The van der Waals surface area contributed by atoms with Crippen LogP contribution in [0.4, 0.5) is 8.78 Å². The van der Waals surface area contributed by atoms with E-state index in [4.69, 9.17) is 0 Å². The number of amides is 1. The van der Waals surface area contributed by atoms with Gasteiger partial charge < -0.3 is 4.90 Å². The standard InChI is InChI=1S/C21H22F2N4O3/c1-11(28)20-14-2-3-24-9-17(14)26(25-20)10-19(30)27-15-5-13(15)6-16(27)18(29)4-12-7-21(22,23)8-12/h2-3,9,12-13,15-16H,4-8,10H2,1H3/t13-,15-,16+/m1/s1. The van der Waals surface area contributed by atoms with Crippen LogP contribution in [0.1, 0.15) is 49.5 Å². The number of halogens is 2. The van der Waals surface area contributed by atoms with Gasteiger partial charge >= 0.3 is 0 Å². The molecule has 1 amide bonds. The van der Waals surface area contributed by atoms with E-state index in [0.717, 1.165) is 6.42 Å². The molecule has 5 rings (SSSR count). The fourth-order valence-electron chi connectivity index (χ4n) is 5.06. The predicted octanol–water partition coefficient (Wildman–Crippen LogP) is 2.63. The Morgan fingerprint density at radius 3 is 2.70 bits per heavy atom. The molecule has 3 atom stereocenters. The molecule has 3 heterocycles. The molecular weight excluding hydrogens is 394 g/mol. The molecule has 0 bridgehead atoms. The van der Waals surface area contributed by atoms with E-state index in [1.54, 1.807) is 23.4 Å². The van der Waals surface area contributed by atoms with Gasteiger partial charge in [-0.05, 0) is 30.7 Å². The summed E-state index contributed by atoms with van der Waals surface area (Å²) >= 11 is 0. The lowest BCUT2D eigenvalue weighted by Crippen LogP contribution is -2.46. The van der Waals surface area contributed by atoms with E-state index in [1.165, 1.54) is 11.6 Å². The van der Waals surface area contributed by atoms with Crippen molar-refractivity contribution >= 4 is 28.4 Å². The molecule has 0 radical (unpaired) electrons. The number of alkyl halides is 2. The quantitative estimate of drug-likeness (QED) is 0.676. The van der Waals surface area contributed by atoms with E-state index in [1.807, 2.05) is 0 Å². The normalized spacial score (nSPS) is 27.0. The van der Waals surface area contributed by atoms with E-state index in [2.05, 4.69) is 10.1 Å². The average Bonchev–Trinajstić information content (AvgIpc) is 3.16. The van der Waals surface area contributed by atoms with Crippen molar-refractivity contribution in [1.82, 2.24) is 19.7 Å². The molecule has 9 heteroatoms. The minimum Gasteiger partial charge on any atom is -0.328 e. The van der Waals surface area contributed by atoms with Crippen molar-refractivity contribution < 1.29 is 23.2 Å². The molecule has 2 aromatic heterocycles. The Kier molecular flexibility index (Phi) is 4.27. The zero-order valence-electron chi connectivity index (χ0n) is 16.6. The van der Waals surface area contributed by atoms with E-state index >= 15 is 0 Å². The first-order valence-electron chi connectivity index (χ1n) is 10.3. The van der Waals surface area contributed by atoms with Gasteiger partial charge in [0.15, 0.2) is 11.6 Å². The molecule has 0 unspecified atom stereocenters. The summed E-state index contributed by atoms with van der Waals surface area (Å²) in [6.07, 6.45) is 4.23. The van der Waals surface area contributed by atoms with Crippen LogP contribution >= 0.6 is 0 Å². The van der Waals surface area contributed by atoms with Crippen molar-refractivity contribution in [2.75, 3.05) is 0 Å². The lowest BCUT2D eigenvalue weighted by atomic mass is 9.77. The van der Waals surface area contributed by atoms with Gasteiger partial charge in [0.05, 0.1) is 17.8 Å². The van der Waals surface area contributed by atoms with E-state index in [-0.39, 0.29) is 60.9 Å². The largest absolute Gasteiger partial charge is 0.328 e. The van der Waals surface area contributed by atoms with E-state index in [9.17, 15) is 23.2 Å². The van der Waals surface area contributed by atoms with Crippen LogP contribution in [-0.2, 0) is 16.1 Å². The number of piperidine rings is 1. The highest BCUT2D eigenvalue weighted by Gasteiger charge is 2.56. The van der Waals surface area contributed by atoms with Crippen LogP contribution in [-0.4, -0.2) is 55.1 Å². The number of hydrogen-bond donors (Lipinski definition) is 0. The van der Waals surface area contributed by atoms with E-state index < -0.39 is 12.0 Å². The maximum Gasteiger partial charge on any atom is 0.248 e. The Bertz CT molecular complexity index is 1060. The molecule has 0 N–H and O–H groups in total. The summed E-state index contributed by atoms with van der Waals surface area (Å²) in [5.74, 6) is -3.18. The van der Waals surface area contributed by atoms with Crippen molar-refractivity contribution in [3.8, 4) is 0 Å². The maximum absolute atomic E-state index is 13.1. The number of nitrogens with zero attached hydrogens (tertiary/aromatic N) is 4. The Labute approximate surface area is 171 Å². The van der Waals surface area contributed by atoms with Crippen molar-refractivity contribution in [3.05, 3.63) is 24.2 Å². The van der Waals surface area contributed by atoms with Crippen LogP contribution in [0.3, 0.4) is 0 Å². The van der Waals surface area contributed by atoms with Gasteiger partial charge in [0, 0.05) is 43.8 Å². The molecule has 0 aromatic carbocycles. The number of carbonyl (C=O) groups is 3. The van der Waals surface area contributed by atoms with Crippen LogP contribution in [0.2, 0.25) is 0 Å². The van der Waals surface area contributed by atoms with Crippen molar-refractivity contribution in [3.63, 3.8) is 0 Å². The fourth-order valence-corrected chi connectivity index (χ4v) is 5.06. The molecular formula is C21H22F2N4O3. The maximum atomic E-state index is 13.1. The molecule has 3 fully saturated rings. The highest BCUT2D eigenvalue weighted by molar-refractivity contribution is 6.04. The Morgan fingerprint density at radius 1 is 1.23 bits per heavy atom. The molecule has 30 heavy (non-hydrogen) atoms. The van der Waals surface area contributed by atoms with Gasteiger partial charge in [0.1, 0.15) is 12.2 Å². The first kappa shape index (κ1) is 19.3. The number of fused-ring (bicyclic) bond motifs is 2. The second kappa shape index (κ2) is 6.65. The molecule has 1 aliphatic heterocycles. The highest BCUT2D eigenvalue weighted by Crippen LogP contribution is 2.50. The van der Waals surface area contributed by atoms with Gasteiger partial charge in [-0.15, -0.1) is 0 Å². The van der Waals surface area contributed by atoms with Crippen LogP contribution in [0, 0.1) is 11.8 Å². The number of pyridine rings is 1. The third-order valence-corrected chi connectivity index (χ3v) is 6.60. The van der Waals surface area contributed by atoms with Crippen molar-refractivity contribution in [2.45, 2.75) is 63.6 Å². The lowest BCUT2D eigenvalue weighted by Gasteiger charge is -2.36. The first-order chi connectivity index (χ1) is 14.2. The van der Waals surface area contributed by atoms with Crippen LogP contribution in [0.5, 0.6) is 0 Å². The molecule has 2 aromatic rings.